The maximum atomic E-state index is 2.64. The van der Waals surface area contributed by atoms with E-state index in [2.05, 4.69) is 80.1 Å². The molecular weight excluding hydrogens is 346 g/mol. The molecule has 0 N–H and O–H groups in total. The lowest BCUT2D eigenvalue weighted by Crippen LogP contribution is -2.69. The zero-order valence-corrected chi connectivity index (χ0v) is 17.9. The van der Waals surface area contributed by atoms with Gasteiger partial charge in [0.2, 0.25) is 5.69 Å². The van der Waals surface area contributed by atoms with E-state index in [0.29, 0.717) is 0 Å². The third-order valence-corrected chi connectivity index (χ3v) is 8.89. The van der Waals surface area contributed by atoms with Crippen molar-refractivity contribution in [1.29, 1.82) is 0 Å². The molecule has 2 aromatic heterocycles. The quantitative estimate of drug-likeness (QED) is 0.445. The van der Waals surface area contributed by atoms with Crippen molar-refractivity contribution in [2.75, 3.05) is 0 Å². The van der Waals surface area contributed by atoms with Gasteiger partial charge in [-0.05, 0) is 60.4 Å². The smallest absolute Gasteiger partial charge is 0.191 e. The highest BCUT2D eigenvalue weighted by Crippen LogP contribution is 2.58. The first-order valence-corrected chi connectivity index (χ1v) is 11.5. The fraction of sp³-hybridized carbons (Fsp3) is 0.480. The third kappa shape index (κ3) is 2.03. The fourth-order valence-electron chi connectivity index (χ4n) is 6.25. The first kappa shape index (κ1) is 17.4. The molecular formula is C25H30NS+. The topological polar surface area (TPSA) is 3.88 Å². The zero-order valence-electron chi connectivity index (χ0n) is 17.1. The second-order valence-corrected chi connectivity index (χ2v) is 9.77. The summed E-state index contributed by atoms with van der Waals surface area (Å²) in [6.45, 7) is 9.64. The summed E-state index contributed by atoms with van der Waals surface area (Å²) >= 11 is 2.06. The van der Waals surface area contributed by atoms with Crippen LogP contribution >= 0.6 is 11.3 Å². The standard InChI is InChI=1S/C25H30NS/c1-5-8-11-18-14-17-15-19-21-23(27-22(18)19)20-12-9-10-13-26(20)25(6-2,7-3)24(21,4)16-17/h9-10,12-15H,5-8,11,16H2,1-4H3/q+1. The molecule has 3 aromatic rings. The Balaban J connectivity index is 1.89. The monoisotopic (exact) mass is 376 g/mol. The highest BCUT2D eigenvalue weighted by Gasteiger charge is 2.61. The number of nitrogens with zero attached hydrogens (tertiary/aromatic N) is 1. The maximum absolute atomic E-state index is 2.64. The minimum atomic E-state index is 0.151. The van der Waals surface area contributed by atoms with E-state index in [1.54, 1.807) is 26.8 Å². The van der Waals surface area contributed by atoms with Gasteiger partial charge in [-0.3, -0.25) is 0 Å². The van der Waals surface area contributed by atoms with E-state index in [-0.39, 0.29) is 11.0 Å². The number of thiophene rings is 1. The molecule has 0 radical (unpaired) electrons. The van der Waals surface area contributed by atoms with Gasteiger partial charge >= 0.3 is 0 Å². The van der Waals surface area contributed by atoms with Gasteiger partial charge in [-0.1, -0.05) is 33.3 Å². The molecule has 0 spiro atoms. The summed E-state index contributed by atoms with van der Waals surface area (Å²) in [5.74, 6) is 0. The molecule has 2 heteroatoms. The molecule has 2 bridgehead atoms. The number of aromatic nitrogens is 1. The number of hydrogen-bond acceptors (Lipinski definition) is 1. The van der Waals surface area contributed by atoms with Crippen LogP contribution in [-0.2, 0) is 23.8 Å². The van der Waals surface area contributed by atoms with Gasteiger partial charge in [-0.2, -0.15) is 4.57 Å². The van der Waals surface area contributed by atoms with Gasteiger partial charge < -0.3 is 0 Å². The average molecular weight is 377 g/mol. The average Bonchev–Trinajstić information content (AvgIpc) is 3.09. The van der Waals surface area contributed by atoms with Crippen LogP contribution in [0, 0.1) is 0 Å². The van der Waals surface area contributed by atoms with Crippen molar-refractivity contribution < 1.29 is 4.57 Å². The Hall–Kier alpha value is -1.67. The third-order valence-electron chi connectivity index (χ3n) is 7.59. The number of rotatable bonds is 5. The number of fused-ring (bicyclic) bond motifs is 3. The summed E-state index contributed by atoms with van der Waals surface area (Å²) in [6, 6.07) is 11.8. The molecule has 1 aromatic carbocycles. The first-order chi connectivity index (χ1) is 13.1. The molecule has 0 fully saturated rings. The number of hydrogen-bond donors (Lipinski definition) is 0. The summed E-state index contributed by atoms with van der Waals surface area (Å²) in [4.78, 5) is 1.53. The van der Waals surface area contributed by atoms with Gasteiger partial charge in [0.1, 0.15) is 4.88 Å². The summed E-state index contributed by atoms with van der Waals surface area (Å²) in [5.41, 5.74) is 6.55. The summed E-state index contributed by atoms with van der Waals surface area (Å²) in [5, 5.41) is 1.56. The number of aryl methyl sites for hydroxylation is 1. The molecule has 3 heterocycles. The van der Waals surface area contributed by atoms with Crippen LogP contribution in [0.5, 0.6) is 0 Å². The lowest BCUT2D eigenvalue weighted by Gasteiger charge is -2.48. The predicted molar refractivity (Wildman–Crippen MR) is 116 cm³/mol. The number of unbranched alkanes of at least 4 members (excludes halogenated alkanes) is 1. The predicted octanol–water partition coefficient (Wildman–Crippen LogP) is 6.54. The Labute approximate surface area is 167 Å². The molecule has 1 aliphatic carbocycles. The van der Waals surface area contributed by atoms with Crippen molar-refractivity contribution >= 4 is 21.4 Å². The van der Waals surface area contributed by atoms with Crippen molar-refractivity contribution in [3.63, 3.8) is 0 Å². The van der Waals surface area contributed by atoms with Crippen LogP contribution in [0.3, 0.4) is 0 Å². The van der Waals surface area contributed by atoms with Crippen LogP contribution < -0.4 is 4.57 Å². The lowest BCUT2D eigenvalue weighted by atomic mass is 9.57. The lowest BCUT2D eigenvalue weighted by molar-refractivity contribution is -0.769. The molecule has 0 amide bonds. The summed E-state index contributed by atoms with van der Waals surface area (Å²) in [6.07, 6.45) is 9.63. The van der Waals surface area contributed by atoms with Crippen LogP contribution in [-0.4, -0.2) is 0 Å². The number of benzene rings is 1. The first-order valence-electron chi connectivity index (χ1n) is 10.7. The molecule has 140 valence electrons. The number of pyridine rings is 1. The van der Waals surface area contributed by atoms with Crippen molar-refractivity contribution in [2.45, 2.75) is 77.2 Å². The van der Waals surface area contributed by atoms with E-state index in [4.69, 9.17) is 0 Å². The Morgan fingerprint density at radius 1 is 1.11 bits per heavy atom. The maximum Gasteiger partial charge on any atom is 0.223 e. The van der Waals surface area contributed by atoms with Gasteiger partial charge in [-0.25, -0.2) is 0 Å². The Morgan fingerprint density at radius 3 is 2.67 bits per heavy atom. The van der Waals surface area contributed by atoms with E-state index in [0.717, 1.165) is 0 Å². The minimum absolute atomic E-state index is 0.151. The van der Waals surface area contributed by atoms with Gasteiger partial charge in [0.15, 0.2) is 11.7 Å². The van der Waals surface area contributed by atoms with Crippen LogP contribution in [0.25, 0.3) is 20.7 Å². The van der Waals surface area contributed by atoms with Crippen LogP contribution in [0.1, 0.15) is 70.1 Å². The Bertz CT molecular complexity index is 1040. The van der Waals surface area contributed by atoms with Crippen LogP contribution in [0.15, 0.2) is 36.5 Å². The molecule has 0 saturated heterocycles. The van der Waals surface area contributed by atoms with Crippen molar-refractivity contribution in [3.05, 3.63) is 53.2 Å². The van der Waals surface area contributed by atoms with Gasteiger partial charge in [0.05, 0.1) is 5.41 Å². The van der Waals surface area contributed by atoms with Gasteiger partial charge in [0, 0.05) is 29.7 Å². The summed E-state index contributed by atoms with van der Waals surface area (Å²) < 4.78 is 4.20. The van der Waals surface area contributed by atoms with E-state index in [1.165, 1.54) is 49.1 Å². The van der Waals surface area contributed by atoms with E-state index < -0.39 is 0 Å². The van der Waals surface area contributed by atoms with Crippen LogP contribution in [0.4, 0.5) is 0 Å². The molecule has 1 atom stereocenters. The van der Waals surface area contributed by atoms with Gasteiger partial charge in [0.25, 0.3) is 0 Å². The molecule has 1 unspecified atom stereocenters. The largest absolute Gasteiger partial charge is 0.223 e. The fourth-order valence-corrected chi connectivity index (χ4v) is 7.73. The second-order valence-electron chi connectivity index (χ2n) is 8.74. The highest BCUT2D eigenvalue weighted by molar-refractivity contribution is 7.22. The van der Waals surface area contributed by atoms with E-state index in [9.17, 15) is 0 Å². The van der Waals surface area contributed by atoms with Crippen molar-refractivity contribution in [1.82, 2.24) is 0 Å². The molecule has 2 aliphatic rings. The Kier molecular flexibility index (Phi) is 3.82. The Morgan fingerprint density at radius 2 is 1.93 bits per heavy atom. The SMILES string of the molecule is CCCCc1cc2cc3c4c(sc13)-c1cccc[n+]1C(CC)(CC)C4(C)C2. The normalized spacial score (nSPS) is 21.6. The highest BCUT2D eigenvalue weighted by atomic mass is 32.1. The molecule has 1 nitrogen and oxygen atoms in total. The van der Waals surface area contributed by atoms with E-state index in [1.807, 2.05) is 0 Å². The van der Waals surface area contributed by atoms with E-state index >= 15 is 0 Å². The summed E-state index contributed by atoms with van der Waals surface area (Å²) in [7, 11) is 0. The minimum Gasteiger partial charge on any atom is -0.191 e. The second kappa shape index (κ2) is 5.91. The van der Waals surface area contributed by atoms with Crippen molar-refractivity contribution in [2.24, 2.45) is 0 Å². The zero-order chi connectivity index (χ0) is 18.8. The van der Waals surface area contributed by atoms with Crippen LogP contribution in [0.2, 0.25) is 0 Å². The van der Waals surface area contributed by atoms with Gasteiger partial charge in [-0.15, -0.1) is 11.3 Å². The molecule has 0 saturated carbocycles. The van der Waals surface area contributed by atoms with Crippen molar-refractivity contribution in [3.8, 4) is 10.6 Å². The molecule has 27 heavy (non-hydrogen) atoms. The molecule has 1 aliphatic heterocycles. The molecule has 5 rings (SSSR count).